The van der Waals surface area contributed by atoms with E-state index in [1.54, 1.807) is 17.7 Å². The van der Waals surface area contributed by atoms with E-state index in [1.165, 1.54) is 27.1 Å². The standard InChI is InChI=1S/C58H38N6OS.Pt/c1-37(2)46-34-66-58-55(59-35-60-56(46)58)38-16-13-18-40(32-38)65-41-19-14-17-39(33-41)61-36-62(52-29-12-11-28-51(52)61)57-53(63-47-24-7-3-20-42(47)43-21-4-8-25-48(43)63)30-15-31-54(57)64-49-26-9-5-22-44(49)45-23-6-10-27-50(45)64;/h3-31,34-35,37H,1-2H3;/q-2;. The Morgan fingerprint density at radius 1 is 0.552 bits per heavy atom. The molecule has 5 heterocycles. The summed E-state index contributed by atoms with van der Waals surface area (Å²) in [6, 6.07) is 68.8. The van der Waals surface area contributed by atoms with E-state index in [9.17, 15) is 0 Å². The van der Waals surface area contributed by atoms with Gasteiger partial charge in [0.05, 0.1) is 50.0 Å². The van der Waals surface area contributed by atoms with Crippen LogP contribution in [0, 0.1) is 18.5 Å². The maximum Gasteiger partial charge on any atom is 0.268 e. The topological polar surface area (TPSA) is 53.7 Å². The molecule has 0 bridgehead atoms. The summed E-state index contributed by atoms with van der Waals surface area (Å²) in [5, 5.41) is 6.98. The number of imidazole rings is 1. The van der Waals surface area contributed by atoms with Gasteiger partial charge in [0, 0.05) is 64.5 Å². The van der Waals surface area contributed by atoms with Crippen molar-refractivity contribution in [2.45, 2.75) is 19.8 Å². The Labute approximate surface area is 404 Å². The molecule has 0 spiro atoms. The maximum absolute atomic E-state index is 6.57. The summed E-state index contributed by atoms with van der Waals surface area (Å²) in [6.07, 6.45) is 5.51. The van der Waals surface area contributed by atoms with Crippen molar-refractivity contribution in [3.05, 3.63) is 212 Å². The van der Waals surface area contributed by atoms with Crippen LogP contribution in [0.1, 0.15) is 25.3 Å². The SMILES string of the molecule is CC(C)c1csc2c(-c3[c-]c(Oc4[c-]c(-n5[c-][n+](-c6c(-n7c8ccccc8c8ccccc87)cccc6-n6c7ccccc7c7ccccc76)c6ccccc65)ccc4)ccc3)ncnc12.[Pt]. The normalized spacial score (nSPS) is 11.7. The van der Waals surface area contributed by atoms with E-state index in [2.05, 4.69) is 200 Å². The van der Waals surface area contributed by atoms with E-state index >= 15 is 0 Å². The van der Waals surface area contributed by atoms with Crippen molar-refractivity contribution >= 4 is 76.2 Å². The number of fused-ring (bicyclic) bond motifs is 8. The molecule has 0 radical (unpaired) electrons. The van der Waals surface area contributed by atoms with Gasteiger partial charge in [-0.1, -0.05) is 123 Å². The van der Waals surface area contributed by atoms with Crippen molar-refractivity contribution in [1.82, 2.24) is 23.7 Å². The minimum Gasteiger partial charge on any atom is -0.503 e. The van der Waals surface area contributed by atoms with Crippen LogP contribution in [-0.4, -0.2) is 23.7 Å². The van der Waals surface area contributed by atoms with Crippen LogP contribution in [0.5, 0.6) is 11.5 Å². The van der Waals surface area contributed by atoms with Crippen molar-refractivity contribution < 1.29 is 30.4 Å². The summed E-state index contributed by atoms with van der Waals surface area (Å²) in [7, 11) is 0. The first-order valence-corrected chi connectivity index (χ1v) is 23.0. The predicted octanol–water partition coefficient (Wildman–Crippen LogP) is 14.1. The first kappa shape index (κ1) is 40.8. The molecule has 0 aliphatic rings. The molecule has 0 saturated heterocycles. The first-order valence-electron chi connectivity index (χ1n) is 22.1. The van der Waals surface area contributed by atoms with E-state index in [0.29, 0.717) is 17.4 Å². The summed E-state index contributed by atoms with van der Waals surface area (Å²) >= 11 is 1.67. The number of ether oxygens (including phenoxy) is 1. The molecule has 0 saturated carbocycles. The summed E-state index contributed by atoms with van der Waals surface area (Å²) in [5.41, 5.74) is 14.2. The van der Waals surface area contributed by atoms with Crippen LogP contribution in [0.15, 0.2) is 188 Å². The second kappa shape index (κ2) is 16.4. The van der Waals surface area contributed by atoms with Crippen LogP contribution in [0.2, 0.25) is 0 Å². The third-order valence-electron chi connectivity index (χ3n) is 12.7. The monoisotopic (exact) mass is 1060 g/mol. The molecular formula is C58H38N6OPtS-2. The minimum absolute atomic E-state index is 0. The molecule has 0 fully saturated rings. The molecule has 0 aliphatic heterocycles. The van der Waals surface area contributed by atoms with Gasteiger partial charge in [-0.15, -0.1) is 47.2 Å². The molecule has 5 aromatic heterocycles. The summed E-state index contributed by atoms with van der Waals surface area (Å²) in [4.78, 5) is 9.35. The number of thiophene rings is 1. The number of para-hydroxylation sites is 7. The molecule has 67 heavy (non-hydrogen) atoms. The van der Waals surface area contributed by atoms with Crippen molar-refractivity contribution in [1.29, 1.82) is 0 Å². The van der Waals surface area contributed by atoms with Gasteiger partial charge in [0.25, 0.3) is 6.33 Å². The number of rotatable bonds is 8. The Bertz CT molecular complexity index is 3810. The molecule has 324 valence electrons. The van der Waals surface area contributed by atoms with Gasteiger partial charge in [-0.2, -0.15) is 12.1 Å². The first-order chi connectivity index (χ1) is 32.6. The zero-order valence-corrected chi connectivity index (χ0v) is 39.4. The van der Waals surface area contributed by atoms with Gasteiger partial charge in [-0.25, -0.2) is 4.98 Å². The fourth-order valence-corrected chi connectivity index (χ4v) is 10.9. The van der Waals surface area contributed by atoms with E-state index < -0.39 is 0 Å². The predicted molar refractivity (Wildman–Crippen MR) is 267 cm³/mol. The van der Waals surface area contributed by atoms with Crippen molar-refractivity contribution in [3.63, 3.8) is 0 Å². The second-order valence-corrected chi connectivity index (χ2v) is 17.7. The van der Waals surface area contributed by atoms with Gasteiger partial charge < -0.3 is 18.4 Å². The number of hydrogen-bond acceptors (Lipinski definition) is 4. The fraction of sp³-hybridized carbons (Fsp3) is 0.0517. The van der Waals surface area contributed by atoms with Crippen LogP contribution >= 0.6 is 11.3 Å². The average Bonchev–Trinajstić information content (AvgIpc) is 4.14. The van der Waals surface area contributed by atoms with Crippen molar-refractivity contribution in [2.24, 2.45) is 0 Å². The summed E-state index contributed by atoms with van der Waals surface area (Å²) in [6.45, 7) is 4.39. The third-order valence-corrected chi connectivity index (χ3v) is 13.7. The molecule has 0 aliphatic carbocycles. The van der Waals surface area contributed by atoms with Gasteiger partial charge in [-0.05, 0) is 58.9 Å². The van der Waals surface area contributed by atoms with Gasteiger partial charge in [0.1, 0.15) is 12.0 Å². The van der Waals surface area contributed by atoms with Crippen LogP contribution < -0.4 is 9.30 Å². The molecule has 0 amide bonds. The molecule has 9 heteroatoms. The molecule has 0 unspecified atom stereocenters. The van der Waals surface area contributed by atoms with E-state index in [4.69, 9.17) is 9.72 Å². The van der Waals surface area contributed by atoms with Gasteiger partial charge in [-0.3, -0.25) is 9.55 Å². The zero-order valence-electron chi connectivity index (χ0n) is 36.3. The maximum atomic E-state index is 6.57. The van der Waals surface area contributed by atoms with Gasteiger partial charge in [0.15, 0.2) is 0 Å². The number of aromatic nitrogens is 6. The summed E-state index contributed by atoms with van der Waals surface area (Å²) < 4.78 is 16.7. The average molecular weight is 1060 g/mol. The van der Waals surface area contributed by atoms with Gasteiger partial charge in [0.2, 0.25) is 0 Å². The number of nitrogens with zero attached hydrogens (tertiary/aromatic N) is 6. The Morgan fingerprint density at radius 2 is 1.07 bits per heavy atom. The molecule has 7 nitrogen and oxygen atoms in total. The Kier molecular flexibility index (Phi) is 9.97. The van der Waals surface area contributed by atoms with Crippen LogP contribution in [-0.2, 0) is 21.1 Å². The minimum atomic E-state index is 0. The fourth-order valence-electron chi connectivity index (χ4n) is 9.74. The quantitative estimate of drug-likeness (QED) is 0.113. The van der Waals surface area contributed by atoms with E-state index in [1.807, 2.05) is 36.4 Å². The van der Waals surface area contributed by atoms with E-state index in [-0.39, 0.29) is 21.1 Å². The zero-order chi connectivity index (χ0) is 43.9. The second-order valence-electron chi connectivity index (χ2n) is 16.8. The Hall–Kier alpha value is -7.64. The summed E-state index contributed by atoms with van der Waals surface area (Å²) in [5.74, 6) is 1.49. The Morgan fingerprint density at radius 3 is 1.67 bits per heavy atom. The van der Waals surface area contributed by atoms with Gasteiger partial charge >= 0.3 is 0 Å². The number of benzene rings is 8. The van der Waals surface area contributed by atoms with Crippen molar-refractivity contribution in [2.75, 3.05) is 0 Å². The molecule has 13 aromatic rings. The van der Waals surface area contributed by atoms with Crippen LogP contribution in [0.25, 0.3) is 98.9 Å². The van der Waals surface area contributed by atoms with Crippen LogP contribution in [0.3, 0.4) is 0 Å². The molecule has 8 aromatic carbocycles. The van der Waals surface area contributed by atoms with E-state index in [0.717, 1.165) is 77.3 Å². The smallest absolute Gasteiger partial charge is 0.268 e. The number of hydrogen-bond donors (Lipinski definition) is 0. The molecule has 0 atom stereocenters. The van der Waals surface area contributed by atoms with Crippen molar-refractivity contribution in [3.8, 4) is 45.5 Å². The largest absolute Gasteiger partial charge is 0.503 e. The third kappa shape index (κ3) is 6.54. The molecule has 13 rings (SSSR count). The Balaban J connectivity index is 0.00000468. The molecule has 0 N–H and O–H groups in total. The molecular weight excluding hydrogens is 1020 g/mol. The van der Waals surface area contributed by atoms with Crippen LogP contribution in [0.4, 0.5) is 0 Å².